The third-order valence-corrected chi connectivity index (χ3v) is 3.49. The molecular weight excluding hydrogens is 292 g/mol. The molecule has 0 unspecified atom stereocenters. The Morgan fingerprint density at radius 1 is 1.48 bits per heavy atom. The number of ether oxygens (including phenoxy) is 1. The van der Waals surface area contributed by atoms with Crippen LogP contribution in [0.4, 0.5) is 10.7 Å². The van der Waals surface area contributed by atoms with Crippen LogP contribution >= 0.6 is 11.5 Å². The monoisotopic (exact) mass is 308 g/mol. The molecule has 2 aromatic rings. The lowest BCUT2D eigenvalue weighted by atomic mass is 10.2. The Balaban J connectivity index is 2.11. The topological polar surface area (TPSA) is 90.2 Å². The lowest BCUT2D eigenvalue weighted by Crippen LogP contribution is -2.04. The summed E-state index contributed by atoms with van der Waals surface area (Å²) in [6.45, 7) is 4.89. The molecule has 0 saturated heterocycles. The van der Waals surface area contributed by atoms with E-state index in [9.17, 15) is 10.1 Å². The molecular formula is C13H16N4O3S. The summed E-state index contributed by atoms with van der Waals surface area (Å²) in [7, 11) is 0. The number of nitro groups is 1. The van der Waals surface area contributed by atoms with Gasteiger partial charge in [0.05, 0.1) is 4.92 Å². The zero-order valence-electron chi connectivity index (χ0n) is 11.8. The minimum atomic E-state index is -0.454. The number of benzene rings is 1. The highest BCUT2D eigenvalue weighted by atomic mass is 32.1. The summed E-state index contributed by atoms with van der Waals surface area (Å²) in [5.74, 6) is 0.245. The molecule has 0 atom stereocenters. The predicted molar refractivity (Wildman–Crippen MR) is 80.9 cm³/mol. The van der Waals surface area contributed by atoms with Gasteiger partial charge in [0.1, 0.15) is 17.3 Å². The van der Waals surface area contributed by atoms with Gasteiger partial charge >= 0.3 is 5.69 Å². The smallest absolute Gasteiger partial charge is 0.310 e. The van der Waals surface area contributed by atoms with Crippen molar-refractivity contribution < 1.29 is 9.66 Å². The van der Waals surface area contributed by atoms with E-state index < -0.39 is 4.92 Å². The molecule has 0 aliphatic rings. The van der Waals surface area contributed by atoms with Crippen LogP contribution in [-0.4, -0.2) is 21.1 Å². The molecule has 8 heteroatoms. The van der Waals surface area contributed by atoms with Crippen molar-refractivity contribution in [2.75, 3.05) is 11.9 Å². The first-order valence-corrected chi connectivity index (χ1v) is 7.32. The van der Waals surface area contributed by atoms with E-state index in [1.165, 1.54) is 17.6 Å². The van der Waals surface area contributed by atoms with Crippen LogP contribution in [0, 0.1) is 17.0 Å². The third kappa shape index (κ3) is 3.88. The highest BCUT2D eigenvalue weighted by Gasteiger charge is 2.16. The number of anilines is 1. The maximum absolute atomic E-state index is 11.0. The fourth-order valence-corrected chi connectivity index (χ4v) is 2.30. The molecule has 0 bridgehead atoms. The first-order valence-electron chi connectivity index (χ1n) is 6.54. The number of nitrogens with zero attached hydrogens (tertiary/aromatic N) is 3. The van der Waals surface area contributed by atoms with Gasteiger partial charge in [-0.1, -0.05) is 17.5 Å². The van der Waals surface area contributed by atoms with Gasteiger partial charge in [-0.25, -0.2) is 0 Å². The van der Waals surface area contributed by atoms with Gasteiger partial charge in [-0.3, -0.25) is 10.1 Å². The molecule has 0 fully saturated rings. The largest absolute Gasteiger partial charge is 0.480 e. The summed E-state index contributed by atoms with van der Waals surface area (Å²) < 4.78 is 9.44. The van der Waals surface area contributed by atoms with Crippen LogP contribution in [0.5, 0.6) is 5.75 Å². The molecule has 7 nitrogen and oxygen atoms in total. The van der Waals surface area contributed by atoms with E-state index in [2.05, 4.69) is 21.8 Å². The summed E-state index contributed by atoms with van der Waals surface area (Å²) in [5, 5.41) is 19.0. The zero-order valence-corrected chi connectivity index (χ0v) is 12.6. The Labute approximate surface area is 126 Å². The Hall–Kier alpha value is -2.22. The maximum atomic E-state index is 11.0. The van der Waals surface area contributed by atoms with Gasteiger partial charge < -0.3 is 10.1 Å². The van der Waals surface area contributed by atoms with Gasteiger partial charge in [0, 0.05) is 24.1 Å². The summed E-state index contributed by atoms with van der Waals surface area (Å²) in [5.41, 5.74) is 1.51. The lowest BCUT2D eigenvalue weighted by molar-refractivity contribution is -0.386. The highest BCUT2D eigenvalue weighted by Crippen LogP contribution is 2.29. The minimum Gasteiger partial charge on any atom is -0.480 e. The second kappa shape index (κ2) is 6.98. The molecule has 0 radical (unpaired) electrons. The molecule has 1 heterocycles. The van der Waals surface area contributed by atoms with E-state index in [4.69, 9.17) is 4.74 Å². The van der Waals surface area contributed by atoms with Gasteiger partial charge in [-0.2, -0.15) is 0 Å². The Morgan fingerprint density at radius 2 is 2.29 bits per heavy atom. The second-order valence-corrected chi connectivity index (χ2v) is 5.25. The number of rotatable bonds is 7. The molecule has 1 aromatic carbocycles. The Kier molecular flexibility index (Phi) is 5.04. The Morgan fingerprint density at radius 3 is 3.00 bits per heavy atom. The van der Waals surface area contributed by atoms with Gasteiger partial charge in [-0.15, -0.1) is 5.10 Å². The van der Waals surface area contributed by atoms with Crippen LogP contribution in [-0.2, 0) is 6.61 Å². The molecule has 21 heavy (non-hydrogen) atoms. The van der Waals surface area contributed by atoms with Gasteiger partial charge in [0.25, 0.3) is 0 Å². The average molecular weight is 308 g/mol. The van der Waals surface area contributed by atoms with E-state index in [1.807, 2.05) is 6.92 Å². The highest BCUT2D eigenvalue weighted by molar-refractivity contribution is 7.10. The molecule has 1 aromatic heterocycles. The zero-order chi connectivity index (χ0) is 15.2. The summed E-state index contributed by atoms with van der Waals surface area (Å²) >= 11 is 1.25. The van der Waals surface area contributed by atoms with Crippen LogP contribution in [0.3, 0.4) is 0 Å². The van der Waals surface area contributed by atoms with Crippen molar-refractivity contribution >= 4 is 22.2 Å². The number of aromatic nitrogens is 2. The van der Waals surface area contributed by atoms with Crippen LogP contribution in [0.1, 0.15) is 24.6 Å². The second-order valence-electron chi connectivity index (χ2n) is 4.49. The summed E-state index contributed by atoms with van der Waals surface area (Å²) in [6, 6.07) is 4.78. The van der Waals surface area contributed by atoms with Gasteiger partial charge in [-0.05, 0) is 25.0 Å². The van der Waals surface area contributed by atoms with Crippen molar-refractivity contribution in [1.82, 2.24) is 9.59 Å². The van der Waals surface area contributed by atoms with Gasteiger partial charge in [0.15, 0.2) is 5.75 Å². The van der Waals surface area contributed by atoms with Crippen molar-refractivity contribution in [3.8, 4) is 5.75 Å². The van der Waals surface area contributed by atoms with E-state index in [-0.39, 0.29) is 18.0 Å². The molecule has 0 saturated carbocycles. The van der Waals surface area contributed by atoms with Gasteiger partial charge in [0.2, 0.25) is 0 Å². The fraction of sp³-hybridized carbons (Fsp3) is 0.385. The molecule has 0 aliphatic carbocycles. The first-order chi connectivity index (χ1) is 10.1. The number of hydrogen-bond acceptors (Lipinski definition) is 7. The van der Waals surface area contributed by atoms with Crippen LogP contribution in [0.25, 0.3) is 0 Å². The number of aryl methyl sites for hydroxylation is 1. The molecule has 0 aliphatic heterocycles. The maximum Gasteiger partial charge on any atom is 0.310 e. The SMILES string of the molecule is CCCNc1snnc1COc1cc(C)ccc1[N+](=O)[O-]. The molecule has 112 valence electrons. The van der Waals surface area contributed by atoms with Crippen molar-refractivity contribution in [2.45, 2.75) is 26.9 Å². The van der Waals surface area contributed by atoms with Crippen LogP contribution in [0.2, 0.25) is 0 Å². The summed E-state index contributed by atoms with van der Waals surface area (Å²) in [4.78, 5) is 10.5. The normalized spacial score (nSPS) is 10.4. The summed E-state index contributed by atoms with van der Waals surface area (Å²) in [6.07, 6.45) is 0.988. The predicted octanol–water partition coefficient (Wildman–Crippen LogP) is 3.16. The molecule has 1 N–H and O–H groups in total. The molecule has 0 spiro atoms. The molecule has 2 rings (SSSR count). The first kappa shape index (κ1) is 15.2. The number of hydrogen-bond donors (Lipinski definition) is 1. The number of nitro benzene ring substituents is 1. The van der Waals surface area contributed by atoms with E-state index in [1.54, 1.807) is 12.1 Å². The number of nitrogens with one attached hydrogen (secondary N) is 1. The van der Waals surface area contributed by atoms with Crippen molar-refractivity contribution in [3.05, 3.63) is 39.6 Å². The van der Waals surface area contributed by atoms with Crippen LogP contribution in [0.15, 0.2) is 18.2 Å². The quantitative estimate of drug-likeness (QED) is 0.624. The Bertz CT molecular complexity index is 630. The molecule has 0 amide bonds. The van der Waals surface area contributed by atoms with E-state index >= 15 is 0 Å². The standard InChI is InChI=1S/C13H16N4O3S/c1-3-6-14-13-10(15-16-21-13)8-20-12-7-9(2)4-5-11(12)17(18)19/h4-5,7,14H,3,6,8H2,1-2H3. The lowest BCUT2D eigenvalue weighted by Gasteiger charge is -2.07. The van der Waals surface area contributed by atoms with Crippen molar-refractivity contribution in [1.29, 1.82) is 0 Å². The minimum absolute atomic E-state index is 0.0492. The third-order valence-electron chi connectivity index (χ3n) is 2.77. The average Bonchev–Trinajstić information content (AvgIpc) is 2.90. The van der Waals surface area contributed by atoms with Crippen molar-refractivity contribution in [2.24, 2.45) is 0 Å². The van der Waals surface area contributed by atoms with E-state index in [0.717, 1.165) is 23.5 Å². The fourth-order valence-electron chi connectivity index (χ4n) is 1.71. The van der Waals surface area contributed by atoms with E-state index in [0.29, 0.717) is 5.69 Å². The van der Waals surface area contributed by atoms with Crippen molar-refractivity contribution in [3.63, 3.8) is 0 Å². The van der Waals surface area contributed by atoms with Crippen LogP contribution < -0.4 is 10.1 Å².